The molecule has 0 radical (unpaired) electrons. The summed E-state index contributed by atoms with van der Waals surface area (Å²) in [6.45, 7) is 0. The second kappa shape index (κ2) is 12.7. The van der Waals surface area contributed by atoms with Crippen LogP contribution in [0.1, 0.15) is 0 Å². The van der Waals surface area contributed by atoms with Crippen LogP contribution < -0.4 is 0 Å². The van der Waals surface area contributed by atoms with Gasteiger partial charge in [0.1, 0.15) is 0 Å². The van der Waals surface area contributed by atoms with Gasteiger partial charge < -0.3 is 9.13 Å². The second-order valence-electron chi connectivity index (χ2n) is 12.8. The lowest BCUT2D eigenvalue weighted by atomic mass is 10.1. The lowest BCUT2D eigenvalue weighted by Gasteiger charge is -2.16. The van der Waals surface area contributed by atoms with E-state index in [1.165, 1.54) is 21.5 Å². The minimum atomic E-state index is 0.613. The second-order valence-corrected chi connectivity index (χ2v) is 15.3. The van der Waals surface area contributed by atoms with Crippen LogP contribution in [0.25, 0.3) is 89.2 Å². The summed E-state index contributed by atoms with van der Waals surface area (Å²) in [6.07, 6.45) is 0. The molecule has 0 aliphatic rings. The van der Waals surface area contributed by atoms with Crippen molar-refractivity contribution in [1.82, 2.24) is 24.1 Å². The summed E-state index contributed by atoms with van der Waals surface area (Å²) in [5, 5.41) is 4.85. The zero-order valence-corrected chi connectivity index (χ0v) is 31.9. The number of para-hydroxylation sites is 4. The van der Waals surface area contributed by atoms with Gasteiger partial charge in [-0.25, -0.2) is 15.0 Å². The largest absolute Gasteiger partial charge is 0.309 e. The average molecular weight is 892 g/mol. The maximum atomic E-state index is 5.20. The van der Waals surface area contributed by atoms with Gasteiger partial charge in [-0.2, -0.15) is 0 Å². The molecule has 52 heavy (non-hydrogen) atoms. The van der Waals surface area contributed by atoms with Crippen LogP contribution in [0.4, 0.5) is 0 Å². The van der Waals surface area contributed by atoms with E-state index in [4.69, 9.17) is 15.0 Å². The molecule has 10 rings (SSSR count). The summed E-state index contributed by atoms with van der Waals surface area (Å²) in [5.74, 6) is 1.88. The Kier molecular flexibility index (Phi) is 7.64. The molecule has 0 amide bonds. The van der Waals surface area contributed by atoms with Gasteiger partial charge in [-0.15, -0.1) is 0 Å². The third kappa shape index (κ3) is 5.29. The van der Waals surface area contributed by atoms with Crippen molar-refractivity contribution in [2.24, 2.45) is 0 Å². The van der Waals surface area contributed by atoms with Crippen molar-refractivity contribution in [3.63, 3.8) is 0 Å². The van der Waals surface area contributed by atoms with Crippen molar-refractivity contribution >= 4 is 88.8 Å². The molecule has 0 aliphatic carbocycles. The first-order valence-electron chi connectivity index (χ1n) is 17.0. The Bertz CT molecular complexity index is 2680. The number of benzene rings is 7. The molecular weight excluding hydrogens is 864 g/mol. The van der Waals surface area contributed by atoms with Crippen LogP contribution in [0.15, 0.2) is 164 Å². The minimum Gasteiger partial charge on any atom is -0.309 e. The average Bonchev–Trinajstić information content (AvgIpc) is 3.71. The molecule has 7 aromatic carbocycles. The summed E-state index contributed by atoms with van der Waals surface area (Å²) in [5.41, 5.74) is 9.41. The molecule has 10 aromatic rings. The number of aromatic nitrogens is 5. The van der Waals surface area contributed by atoms with E-state index in [1.54, 1.807) is 0 Å². The Morgan fingerprint density at radius 2 is 0.635 bits per heavy atom. The first-order chi connectivity index (χ1) is 25.6. The third-order valence-electron chi connectivity index (χ3n) is 9.68. The van der Waals surface area contributed by atoms with Crippen molar-refractivity contribution in [1.29, 1.82) is 0 Å². The van der Waals surface area contributed by atoms with Crippen LogP contribution in [-0.2, 0) is 0 Å². The number of rotatable bonds is 5. The Morgan fingerprint density at radius 1 is 0.327 bits per heavy atom. The Morgan fingerprint density at radius 3 is 0.981 bits per heavy atom. The summed E-state index contributed by atoms with van der Waals surface area (Å²) < 4.78 is 7.05. The summed E-state index contributed by atoms with van der Waals surface area (Å²) in [7, 11) is 0. The Hall–Kier alpha value is -5.39. The van der Waals surface area contributed by atoms with Crippen LogP contribution in [0, 0.1) is 7.14 Å². The van der Waals surface area contributed by atoms with E-state index in [1.807, 2.05) is 0 Å². The number of halogens is 2. The van der Waals surface area contributed by atoms with Crippen LogP contribution in [-0.4, -0.2) is 24.1 Å². The van der Waals surface area contributed by atoms with Gasteiger partial charge in [0.15, 0.2) is 17.5 Å². The van der Waals surface area contributed by atoms with Gasteiger partial charge in [0.2, 0.25) is 0 Å². The van der Waals surface area contributed by atoms with E-state index in [9.17, 15) is 0 Å². The lowest BCUT2D eigenvalue weighted by Crippen LogP contribution is -2.03. The first-order valence-corrected chi connectivity index (χ1v) is 19.2. The number of fused-ring (bicyclic) bond motifs is 6. The monoisotopic (exact) mass is 891 g/mol. The maximum Gasteiger partial charge on any atom is 0.164 e. The molecule has 0 saturated heterocycles. The fourth-order valence-corrected chi connectivity index (χ4v) is 8.06. The molecule has 0 fully saturated rings. The van der Waals surface area contributed by atoms with Crippen molar-refractivity contribution < 1.29 is 0 Å². The van der Waals surface area contributed by atoms with Gasteiger partial charge in [0.05, 0.1) is 22.1 Å². The first kappa shape index (κ1) is 31.4. The molecule has 5 nitrogen and oxygen atoms in total. The van der Waals surface area contributed by atoms with Crippen LogP contribution in [0.3, 0.4) is 0 Å². The van der Waals surface area contributed by atoms with E-state index in [0.717, 1.165) is 57.3 Å². The number of hydrogen-bond acceptors (Lipinski definition) is 3. The quantitative estimate of drug-likeness (QED) is 0.162. The van der Waals surface area contributed by atoms with Crippen LogP contribution >= 0.6 is 45.2 Å². The molecule has 0 bridgehead atoms. The highest BCUT2D eigenvalue weighted by molar-refractivity contribution is 14.1. The molecule has 7 heteroatoms. The van der Waals surface area contributed by atoms with Crippen LogP contribution in [0.2, 0.25) is 0 Å². The zero-order valence-electron chi connectivity index (χ0n) is 27.6. The minimum absolute atomic E-state index is 0.613. The molecule has 0 unspecified atom stereocenters. The fraction of sp³-hybridized carbons (Fsp3) is 0. The molecular formula is C45H27I2N5. The van der Waals surface area contributed by atoms with Crippen molar-refractivity contribution in [2.75, 3.05) is 0 Å². The lowest BCUT2D eigenvalue weighted by molar-refractivity contribution is 1.07. The van der Waals surface area contributed by atoms with Crippen LogP contribution in [0.5, 0.6) is 0 Å². The van der Waals surface area contributed by atoms with Crippen molar-refractivity contribution in [3.8, 4) is 45.5 Å². The van der Waals surface area contributed by atoms with Gasteiger partial charge in [-0.1, -0.05) is 97.1 Å². The molecule has 0 saturated carbocycles. The predicted octanol–water partition coefficient (Wildman–Crippen LogP) is 12.3. The highest BCUT2D eigenvalue weighted by Gasteiger charge is 2.19. The Balaban J connectivity index is 1.30. The maximum absolute atomic E-state index is 5.20. The number of hydrogen-bond donors (Lipinski definition) is 0. The van der Waals surface area contributed by atoms with Gasteiger partial charge in [0, 0.05) is 56.8 Å². The summed E-state index contributed by atoms with van der Waals surface area (Å²) in [6, 6.07) is 58.0. The topological polar surface area (TPSA) is 48.5 Å². The molecule has 0 aliphatic heterocycles. The standard InChI is InChI=1S/C45H27I2N5/c46-31-21-17-28(18-22-31)43-48-44(29-19-23-32(47)24-20-29)50-45(49-43)30-25-33(51-39-13-5-1-9-35(39)36-10-2-6-14-40(36)51)27-34(26-30)52-41-15-7-3-11-37(41)38-12-4-8-16-42(38)52/h1-27H. The van der Waals surface area contributed by atoms with Gasteiger partial charge >= 0.3 is 0 Å². The molecule has 0 atom stereocenters. The molecule has 0 N–H and O–H groups in total. The normalized spacial score (nSPS) is 11.7. The summed E-state index contributed by atoms with van der Waals surface area (Å²) in [4.78, 5) is 15.4. The highest BCUT2D eigenvalue weighted by atomic mass is 127. The van der Waals surface area contributed by atoms with Gasteiger partial charge in [-0.05, 0) is 112 Å². The van der Waals surface area contributed by atoms with Crippen molar-refractivity contribution in [2.45, 2.75) is 0 Å². The van der Waals surface area contributed by atoms with E-state index < -0.39 is 0 Å². The van der Waals surface area contributed by atoms with E-state index in [-0.39, 0.29) is 0 Å². The fourth-order valence-electron chi connectivity index (χ4n) is 7.35. The summed E-state index contributed by atoms with van der Waals surface area (Å²) >= 11 is 4.67. The van der Waals surface area contributed by atoms with E-state index in [0.29, 0.717) is 17.5 Å². The molecule has 0 spiro atoms. The molecule has 3 heterocycles. The Labute approximate surface area is 326 Å². The molecule has 3 aromatic heterocycles. The number of nitrogens with zero attached hydrogens (tertiary/aromatic N) is 5. The van der Waals surface area contributed by atoms with E-state index >= 15 is 0 Å². The predicted molar refractivity (Wildman–Crippen MR) is 230 cm³/mol. The SMILES string of the molecule is Ic1ccc(-c2nc(-c3ccc(I)cc3)nc(-c3cc(-n4c5ccccc5c5ccccc54)cc(-n4c5ccccc5c5ccccc54)c3)n2)cc1. The van der Waals surface area contributed by atoms with Gasteiger partial charge in [-0.3, -0.25) is 0 Å². The molecule has 246 valence electrons. The van der Waals surface area contributed by atoms with Gasteiger partial charge in [0.25, 0.3) is 0 Å². The highest BCUT2D eigenvalue weighted by Crippen LogP contribution is 2.38. The third-order valence-corrected chi connectivity index (χ3v) is 11.1. The van der Waals surface area contributed by atoms with Crippen molar-refractivity contribution in [3.05, 3.63) is 171 Å². The van der Waals surface area contributed by atoms with E-state index in [2.05, 4.69) is 218 Å². The smallest absolute Gasteiger partial charge is 0.164 e. The zero-order chi connectivity index (χ0) is 34.8.